The average Bonchev–Trinajstić information content (AvgIpc) is 3.13. The SMILES string of the molecule is CC(C)(C)Cc1nnc(NC(=O)C2CC(=O)N(c3ccccc3)C2)s1. The lowest BCUT2D eigenvalue weighted by atomic mass is 9.93. The quantitative estimate of drug-likeness (QED) is 0.911. The van der Waals surface area contributed by atoms with E-state index in [9.17, 15) is 9.59 Å². The van der Waals surface area contributed by atoms with E-state index in [1.54, 1.807) is 4.90 Å². The maximum absolute atomic E-state index is 12.5. The molecule has 0 aliphatic carbocycles. The lowest BCUT2D eigenvalue weighted by molar-refractivity contribution is -0.122. The molecule has 1 aromatic carbocycles. The summed E-state index contributed by atoms with van der Waals surface area (Å²) in [6.45, 7) is 6.79. The van der Waals surface area contributed by atoms with Gasteiger partial charge in [0.1, 0.15) is 5.01 Å². The number of aromatic nitrogens is 2. The van der Waals surface area contributed by atoms with Gasteiger partial charge in [0.25, 0.3) is 0 Å². The minimum Gasteiger partial charge on any atom is -0.312 e. The Bertz CT molecular complexity index is 767. The summed E-state index contributed by atoms with van der Waals surface area (Å²) in [6, 6.07) is 9.42. The van der Waals surface area contributed by atoms with E-state index in [0.717, 1.165) is 17.1 Å². The Morgan fingerprint density at radius 3 is 2.68 bits per heavy atom. The van der Waals surface area contributed by atoms with Crippen molar-refractivity contribution >= 4 is 34.0 Å². The van der Waals surface area contributed by atoms with Gasteiger partial charge in [-0.15, -0.1) is 10.2 Å². The number of anilines is 2. The van der Waals surface area contributed by atoms with Crippen LogP contribution in [0.15, 0.2) is 30.3 Å². The van der Waals surface area contributed by atoms with Crippen molar-refractivity contribution in [1.29, 1.82) is 0 Å². The van der Waals surface area contributed by atoms with E-state index >= 15 is 0 Å². The van der Waals surface area contributed by atoms with Crippen LogP contribution >= 0.6 is 11.3 Å². The molecule has 2 amide bonds. The van der Waals surface area contributed by atoms with E-state index in [-0.39, 0.29) is 29.6 Å². The summed E-state index contributed by atoms with van der Waals surface area (Å²) in [7, 11) is 0. The minimum absolute atomic E-state index is 0.0305. The molecule has 1 aliphatic heterocycles. The van der Waals surface area contributed by atoms with Crippen molar-refractivity contribution < 1.29 is 9.59 Å². The third-order valence-electron chi connectivity index (χ3n) is 3.94. The van der Waals surface area contributed by atoms with Crippen LogP contribution in [0, 0.1) is 11.3 Å². The number of hydrogen-bond acceptors (Lipinski definition) is 5. The minimum atomic E-state index is -0.373. The number of carbonyl (C=O) groups excluding carboxylic acids is 2. The van der Waals surface area contributed by atoms with Gasteiger partial charge in [0, 0.05) is 25.1 Å². The standard InChI is InChI=1S/C18H22N4O2S/c1-18(2,3)10-14-20-21-17(25-14)19-16(24)12-9-15(23)22(11-12)13-7-5-4-6-8-13/h4-8,12H,9-11H2,1-3H3,(H,19,21,24). The fourth-order valence-corrected chi connectivity index (χ4v) is 3.82. The number of rotatable bonds is 4. The Labute approximate surface area is 151 Å². The summed E-state index contributed by atoms with van der Waals surface area (Å²) in [6.07, 6.45) is 1.03. The number of nitrogens with zero attached hydrogens (tertiary/aromatic N) is 3. The zero-order valence-electron chi connectivity index (χ0n) is 14.7. The van der Waals surface area contributed by atoms with Gasteiger partial charge in [0.05, 0.1) is 5.92 Å². The Morgan fingerprint density at radius 1 is 1.28 bits per heavy atom. The molecule has 2 heterocycles. The van der Waals surface area contributed by atoms with E-state index in [1.165, 1.54) is 11.3 Å². The molecule has 132 valence electrons. The molecule has 6 nitrogen and oxygen atoms in total. The summed E-state index contributed by atoms with van der Waals surface area (Å²) in [4.78, 5) is 26.4. The number of nitrogens with one attached hydrogen (secondary N) is 1. The predicted octanol–water partition coefficient (Wildman–Crippen LogP) is 3.12. The first kappa shape index (κ1) is 17.5. The van der Waals surface area contributed by atoms with Gasteiger partial charge in [-0.3, -0.25) is 9.59 Å². The highest BCUT2D eigenvalue weighted by Crippen LogP contribution is 2.28. The van der Waals surface area contributed by atoms with E-state index in [0.29, 0.717) is 11.7 Å². The lowest BCUT2D eigenvalue weighted by Gasteiger charge is -2.16. The van der Waals surface area contributed by atoms with Crippen molar-refractivity contribution in [2.75, 3.05) is 16.8 Å². The molecule has 0 saturated carbocycles. The van der Waals surface area contributed by atoms with Crippen LogP contribution in [0.1, 0.15) is 32.2 Å². The zero-order chi connectivity index (χ0) is 18.0. The topological polar surface area (TPSA) is 75.2 Å². The van der Waals surface area contributed by atoms with Crippen LogP contribution in [0.5, 0.6) is 0 Å². The highest BCUT2D eigenvalue weighted by atomic mass is 32.1. The Kier molecular flexibility index (Phi) is 4.85. The van der Waals surface area contributed by atoms with E-state index in [1.807, 2.05) is 30.3 Å². The summed E-state index contributed by atoms with van der Waals surface area (Å²) >= 11 is 1.39. The third-order valence-corrected chi connectivity index (χ3v) is 4.78. The molecule has 0 bridgehead atoms. The van der Waals surface area contributed by atoms with Gasteiger partial charge in [-0.05, 0) is 17.5 Å². The average molecular weight is 358 g/mol. The highest BCUT2D eigenvalue weighted by Gasteiger charge is 2.35. The molecule has 1 aliphatic rings. The largest absolute Gasteiger partial charge is 0.312 e. The summed E-state index contributed by atoms with van der Waals surface area (Å²) in [5.41, 5.74) is 0.945. The molecule has 1 N–H and O–H groups in total. The smallest absolute Gasteiger partial charge is 0.231 e. The molecule has 1 aromatic heterocycles. The Hall–Kier alpha value is -2.28. The fourth-order valence-electron chi connectivity index (χ4n) is 2.78. The number of para-hydroxylation sites is 1. The highest BCUT2D eigenvalue weighted by molar-refractivity contribution is 7.15. The van der Waals surface area contributed by atoms with Crippen LogP contribution in [0.3, 0.4) is 0 Å². The predicted molar refractivity (Wildman–Crippen MR) is 98.6 cm³/mol. The van der Waals surface area contributed by atoms with Crippen LogP contribution in [0.4, 0.5) is 10.8 Å². The first-order valence-electron chi connectivity index (χ1n) is 8.30. The monoisotopic (exact) mass is 358 g/mol. The molecule has 7 heteroatoms. The van der Waals surface area contributed by atoms with Crippen LogP contribution < -0.4 is 10.2 Å². The van der Waals surface area contributed by atoms with Crippen LogP contribution in [-0.4, -0.2) is 28.6 Å². The molecule has 1 atom stereocenters. The van der Waals surface area contributed by atoms with E-state index in [2.05, 4.69) is 36.3 Å². The van der Waals surface area contributed by atoms with Gasteiger partial charge >= 0.3 is 0 Å². The van der Waals surface area contributed by atoms with Crippen LogP contribution in [-0.2, 0) is 16.0 Å². The first-order chi connectivity index (χ1) is 11.8. The van der Waals surface area contributed by atoms with Crippen molar-refractivity contribution in [3.8, 4) is 0 Å². The molecule has 3 rings (SSSR count). The first-order valence-corrected chi connectivity index (χ1v) is 9.12. The van der Waals surface area contributed by atoms with Crippen molar-refractivity contribution in [2.24, 2.45) is 11.3 Å². The number of hydrogen-bond donors (Lipinski definition) is 1. The third kappa shape index (κ3) is 4.42. The summed E-state index contributed by atoms with van der Waals surface area (Å²) < 4.78 is 0. The second-order valence-electron chi connectivity index (χ2n) is 7.47. The molecule has 0 radical (unpaired) electrons. The second-order valence-corrected chi connectivity index (χ2v) is 8.53. The van der Waals surface area contributed by atoms with Crippen molar-refractivity contribution in [1.82, 2.24) is 10.2 Å². The van der Waals surface area contributed by atoms with Crippen LogP contribution in [0.2, 0.25) is 0 Å². The Balaban J connectivity index is 1.62. The van der Waals surface area contributed by atoms with Crippen molar-refractivity contribution in [3.63, 3.8) is 0 Å². The summed E-state index contributed by atoms with van der Waals surface area (Å²) in [5, 5.41) is 12.4. The van der Waals surface area contributed by atoms with E-state index in [4.69, 9.17) is 0 Å². The molecule has 2 aromatic rings. The lowest BCUT2D eigenvalue weighted by Crippen LogP contribution is -2.28. The molecule has 1 saturated heterocycles. The zero-order valence-corrected chi connectivity index (χ0v) is 15.5. The summed E-state index contributed by atoms with van der Waals surface area (Å²) in [5.74, 6) is -0.579. The fraction of sp³-hybridized carbons (Fsp3) is 0.444. The van der Waals surface area contributed by atoms with E-state index < -0.39 is 0 Å². The molecular formula is C18H22N4O2S. The molecule has 1 fully saturated rings. The molecular weight excluding hydrogens is 336 g/mol. The van der Waals surface area contributed by atoms with Crippen molar-refractivity contribution in [3.05, 3.63) is 35.3 Å². The maximum atomic E-state index is 12.5. The number of carbonyl (C=O) groups is 2. The molecule has 1 unspecified atom stereocenters. The Morgan fingerprint density at radius 2 is 2.00 bits per heavy atom. The number of amides is 2. The maximum Gasteiger partial charge on any atom is 0.231 e. The van der Waals surface area contributed by atoms with Gasteiger partial charge in [-0.25, -0.2) is 0 Å². The number of benzene rings is 1. The van der Waals surface area contributed by atoms with Gasteiger partial charge in [-0.2, -0.15) is 0 Å². The van der Waals surface area contributed by atoms with Gasteiger partial charge < -0.3 is 10.2 Å². The van der Waals surface area contributed by atoms with Crippen LogP contribution in [0.25, 0.3) is 0 Å². The normalized spacial score (nSPS) is 17.8. The van der Waals surface area contributed by atoms with Gasteiger partial charge in [0.2, 0.25) is 16.9 Å². The van der Waals surface area contributed by atoms with Crippen molar-refractivity contribution in [2.45, 2.75) is 33.6 Å². The molecule has 0 spiro atoms. The van der Waals surface area contributed by atoms with Gasteiger partial charge in [0.15, 0.2) is 0 Å². The van der Waals surface area contributed by atoms with Gasteiger partial charge in [-0.1, -0.05) is 50.3 Å². The molecule has 25 heavy (non-hydrogen) atoms. The second kappa shape index (κ2) is 6.92.